The molecule has 3 heterocycles. The summed E-state index contributed by atoms with van der Waals surface area (Å²) >= 11 is 0. The van der Waals surface area contributed by atoms with Gasteiger partial charge in [0, 0.05) is 31.0 Å². The van der Waals surface area contributed by atoms with Gasteiger partial charge in [-0.1, -0.05) is 24.3 Å². The maximum atomic E-state index is 12.6. The number of fused-ring (bicyclic) bond motifs is 1. The number of aromatic amines is 2. The number of rotatable bonds is 2. The van der Waals surface area contributed by atoms with Crippen LogP contribution in [0.1, 0.15) is 21.6 Å². The average Bonchev–Trinajstić information content (AvgIpc) is 3.24. The number of hydrogen-bond acceptors (Lipinski definition) is 2. The number of amides is 1. The van der Waals surface area contributed by atoms with Gasteiger partial charge in [-0.05, 0) is 29.7 Å². The second kappa shape index (κ2) is 5.18. The molecule has 0 bridgehead atoms. The van der Waals surface area contributed by atoms with Crippen LogP contribution in [0, 0.1) is 0 Å². The van der Waals surface area contributed by atoms with E-state index in [1.165, 1.54) is 11.1 Å². The van der Waals surface area contributed by atoms with Crippen molar-refractivity contribution in [2.75, 3.05) is 6.54 Å². The van der Waals surface area contributed by atoms with E-state index in [0.717, 1.165) is 24.2 Å². The molecule has 110 valence electrons. The number of nitrogens with zero attached hydrogens (tertiary/aromatic N) is 2. The topological polar surface area (TPSA) is 64.8 Å². The highest BCUT2D eigenvalue weighted by Gasteiger charge is 2.23. The Morgan fingerprint density at radius 2 is 2.05 bits per heavy atom. The number of carbonyl (C=O) groups excluding carboxylic acids is 1. The molecule has 1 aliphatic heterocycles. The molecule has 1 aliphatic rings. The molecule has 0 aliphatic carbocycles. The second-order valence-electron chi connectivity index (χ2n) is 5.51. The molecule has 5 nitrogen and oxygen atoms in total. The lowest BCUT2D eigenvalue weighted by Gasteiger charge is -2.28. The summed E-state index contributed by atoms with van der Waals surface area (Å²) in [5.74, 6) is 0.00351. The van der Waals surface area contributed by atoms with Gasteiger partial charge >= 0.3 is 0 Å². The van der Waals surface area contributed by atoms with Gasteiger partial charge in [0.2, 0.25) is 0 Å². The number of nitrogens with one attached hydrogen (secondary N) is 2. The highest BCUT2D eigenvalue weighted by molar-refractivity contribution is 5.93. The molecule has 3 aromatic rings. The predicted octanol–water partition coefficient (Wildman–Crippen LogP) is 2.60. The fourth-order valence-electron chi connectivity index (χ4n) is 2.90. The van der Waals surface area contributed by atoms with E-state index in [0.29, 0.717) is 12.2 Å². The molecule has 1 amide bonds. The van der Waals surface area contributed by atoms with Crippen molar-refractivity contribution in [2.24, 2.45) is 0 Å². The van der Waals surface area contributed by atoms with Crippen LogP contribution in [0.2, 0.25) is 0 Å². The summed E-state index contributed by atoms with van der Waals surface area (Å²) in [5, 5.41) is 7.09. The van der Waals surface area contributed by atoms with Crippen molar-refractivity contribution in [3.8, 4) is 11.3 Å². The van der Waals surface area contributed by atoms with Crippen molar-refractivity contribution in [1.82, 2.24) is 20.1 Å². The fraction of sp³-hybridized carbons (Fsp3) is 0.176. The SMILES string of the molecule is O=C(c1cc(-c2cc[nH]c2)n[nH]1)N1CCc2ccccc2C1. The maximum absolute atomic E-state index is 12.6. The molecule has 0 radical (unpaired) electrons. The van der Waals surface area contributed by atoms with Gasteiger partial charge in [0.1, 0.15) is 5.69 Å². The van der Waals surface area contributed by atoms with Gasteiger partial charge < -0.3 is 9.88 Å². The Bertz CT molecular complexity index is 804. The van der Waals surface area contributed by atoms with Crippen molar-refractivity contribution in [3.05, 3.63) is 65.6 Å². The smallest absolute Gasteiger partial charge is 0.272 e. The molecule has 1 aromatic carbocycles. The van der Waals surface area contributed by atoms with Crippen LogP contribution in [-0.2, 0) is 13.0 Å². The number of benzene rings is 1. The minimum atomic E-state index is 0.00351. The van der Waals surface area contributed by atoms with Gasteiger partial charge in [-0.25, -0.2) is 0 Å². The molecule has 0 saturated carbocycles. The third-order valence-corrected chi connectivity index (χ3v) is 4.12. The van der Waals surface area contributed by atoms with Crippen LogP contribution in [-0.4, -0.2) is 32.5 Å². The highest BCUT2D eigenvalue weighted by atomic mass is 16.2. The second-order valence-corrected chi connectivity index (χ2v) is 5.51. The van der Waals surface area contributed by atoms with Gasteiger partial charge in [-0.2, -0.15) is 5.10 Å². The number of carbonyl (C=O) groups is 1. The Morgan fingerprint density at radius 3 is 2.86 bits per heavy atom. The monoisotopic (exact) mass is 292 g/mol. The molecule has 2 N–H and O–H groups in total. The van der Waals surface area contributed by atoms with Crippen LogP contribution in [0.15, 0.2) is 48.8 Å². The molecular weight excluding hydrogens is 276 g/mol. The van der Waals surface area contributed by atoms with Crippen LogP contribution in [0.25, 0.3) is 11.3 Å². The molecule has 0 saturated heterocycles. The van der Waals surface area contributed by atoms with E-state index in [4.69, 9.17) is 0 Å². The normalized spacial score (nSPS) is 13.9. The molecule has 22 heavy (non-hydrogen) atoms. The first-order valence-electron chi connectivity index (χ1n) is 7.36. The Labute approximate surface area is 128 Å². The molecule has 0 unspecified atom stereocenters. The number of H-pyrrole nitrogens is 2. The zero-order valence-corrected chi connectivity index (χ0v) is 12.0. The van der Waals surface area contributed by atoms with E-state index >= 15 is 0 Å². The Hall–Kier alpha value is -2.82. The number of aromatic nitrogens is 3. The van der Waals surface area contributed by atoms with Gasteiger partial charge in [0.25, 0.3) is 5.91 Å². The largest absolute Gasteiger partial charge is 0.367 e. The van der Waals surface area contributed by atoms with Crippen LogP contribution in [0.5, 0.6) is 0 Å². The summed E-state index contributed by atoms with van der Waals surface area (Å²) in [6.45, 7) is 1.40. The first-order chi connectivity index (χ1) is 10.8. The van der Waals surface area contributed by atoms with Crippen molar-refractivity contribution in [3.63, 3.8) is 0 Å². The summed E-state index contributed by atoms with van der Waals surface area (Å²) in [5.41, 5.74) is 4.86. The van der Waals surface area contributed by atoms with Crippen LogP contribution >= 0.6 is 0 Å². The van der Waals surface area contributed by atoms with Crippen molar-refractivity contribution in [1.29, 1.82) is 0 Å². The van der Waals surface area contributed by atoms with Crippen LogP contribution in [0.3, 0.4) is 0 Å². The molecule has 0 atom stereocenters. The Balaban J connectivity index is 1.56. The van der Waals surface area contributed by atoms with E-state index in [1.54, 1.807) is 0 Å². The summed E-state index contributed by atoms with van der Waals surface area (Å²) in [6, 6.07) is 12.0. The van der Waals surface area contributed by atoms with E-state index < -0.39 is 0 Å². The third kappa shape index (κ3) is 2.20. The summed E-state index contributed by atoms with van der Waals surface area (Å²) in [4.78, 5) is 17.5. The van der Waals surface area contributed by atoms with Gasteiger partial charge in [-0.3, -0.25) is 9.89 Å². The van der Waals surface area contributed by atoms with Crippen LogP contribution in [0.4, 0.5) is 0 Å². The zero-order valence-electron chi connectivity index (χ0n) is 12.0. The van der Waals surface area contributed by atoms with E-state index in [1.807, 2.05) is 41.6 Å². The number of hydrogen-bond donors (Lipinski definition) is 2. The third-order valence-electron chi connectivity index (χ3n) is 4.12. The predicted molar refractivity (Wildman–Crippen MR) is 83.3 cm³/mol. The molecule has 0 spiro atoms. The average molecular weight is 292 g/mol. The first-order valence-corrected chi connectivity index (χ1v) is 7.36. The molecule has 2 aromatic heterocycles. The summed E-state index contributed by atoms with van der Waals surface area (Å²) < 4.78 is 0. The minimum Gasteiger partial charge on any atom is -0.367 e. The Morgan fingerprint density at radius 1 is 1.18 bits per heavy atom. The fourth-order valence-corrected chi connectivity index (χ4v) is 2.90. The quantitative estimate of drug-likeness (QED) is 0.762. The van der Waals surface area contributed by atoms with E-state index in [-0.39, 0.29) is 5.91 Å². The molecular formula is C17H16N4O. The van der Waals surface area contributed by atoms with Crippen molar-refractivity contribution < 1.29 is 4.79 Å². The van der Waals surface area contributed by atoms with Gasteiger partial charge in [0.15, 0.2) is 0 Å². The van der Waals surface area contributed by atoms with Gasteiger partial charge in [-0.15, -0.1) is 0 Å². The zero-order chi connectivity index (χ0) is 14.9. The molecule has 4 rings (SSSR count). The van der Waals surface area contributed by atoms with Crippen molar-refractivity contribution in [2.45, 2.75) is 13.0 Å². The maximum Gasteiger partial charge on any atom is 0.272 e. The van der Waals surface area contributed by atoms with Crippen molar-refractivity contribution >= 4 is 5.91 Å². The first kappa shape index (κ1) is 12.9. The van der Waals surface area contributed by atoms with E-state index in [2.05, 4.69) is 27.3 Å². The van der Waals surface area contributed by atoms with Gasteiger partial charge in [0.05, 0.1) is 5.69 Å². The van der Waals surface area contributed by atoms with E-state index in [9.17, 15) is 4.79 Å². The Kier molecular flexibility index (Phi) is 3.04. The highest BCUT2D eigenvalue weighted by Crippen LogP contribution is 2.21. The summed E-state index contributed by atoms with van der Waals surface area (Å²) in [6.07, 6.45) is 4.61. The standard InChI is InChI=1S/C17H16N4O/c22-17(16-9-15(19-20-16)13-5-7-18-10-13)21-8-6-12-3-1-2-4-14(12)11-21/h1-5,7,9-10,18H,6,8,11H2,(H,19,20). The summed E-state index contributed by atoms with van der Waals surface area (Å²) in [7, 11) is 0. The molecule has 5 heteroatoms. The lowest BCUT2D eigenvalue weighted by atomic mass is 10.00. The molecule has 0 fully saturated rings. The minimum absolute atomic E-state index is 0.00351. The lowest BCUT2D eigenvalue weighted by Crippen LogP contribution is -2.36. The van der Waals surface area contributed by atoms with Crippen LogP contribution < -0.4 is 0 Å². The lowest BCUT2D eigenvalue weighted by molar-refractivity contribution is 0.0728.